The number of amides is 1. The Balaban J connectivity index is 2.18. The molecule has 0 radical (unpaired) electrons. The van der Waals surface area contributed by atoms with Gasteiger partial charge in [-0.25, -0.2) is 4.39 Å². The highest BCUT2D eigenvalue weighted by Crippen LogP contribution is 2.19. The van der Waals surface area contributed by atoms with Crippen molar-refractivity contribution in [3.8, 4) is 6.07 Å². The molecular weight excluding hydrogens is 269 g/mol. The SMILES string of the molecule is CN(C)C1CCCN(C(=O)c2cccc(F)c2C#N)CC1. The zero-order chi connectivity index (χ0) is 15.4. The van der Waals surface area contributed by atoms with Crippen LogP contribution in [0.15, 0.2) is 18.2 Å². The van der Waals surface area contributed by atoms with Crippen LogP contribution in [0.5, 0.6) is 0 Å². The number of carbonyl (C=O) groups is 1. The molecule has 0 aromatic heterocycles. The fourth-order valence-corrected chi connectivity index (χ4v) is 2.78. The van der Waals surface area contributed by atoms with E-state index in [0.29, 0.717) is 19.1 Å². The van der Waals surface area contributed by atoms with Crippen LogP contribution in [0.2, 0.25) is 0 Å². The van der Waals surface area contributed by atoms with Gasteiger partial charge in [0.1, 0.15) is 17.4 Å². The second-order valence-corrected chi connectivity index (χ2v) is 5.61. The highest BCUT2D eigenvalue weighted by Gasteiger charge is 2.24. The zero-order valence-corrected chi connectivity index (χ0v) is 12.5. The summed E-state index contributed by atoms with van der Waals surface area (Å²) in [6, 6.07) is 6.47. The quantitative estimate of drug-likeness (QED) is 0.839. The van der Waals surface area contributed by atoms with Gasteiger partial charge < -0.3 is 9.80 Å². The molecule has 0 saturated carbocycles. The number of nitrogens with zero attached hydrogens (tertiary/aromatic N) is 3. The first-order valence-corrected chi connectivity index (χ1v) is 7.19. The summed E-state index contributed by atoms with van der Waals surface area (Å²) in [6.07, 6.45) is 2.87. The first kappa shape index (κ1) is 15.5. The molecule has 5 heteroatoms. The molecule has 1 aromatic carbocycles. The molecule has 2 rings (SSSR count). The summed E-state index contributed by atoms with van der Waals surface area (Å²) >= 11 is 0. The second-order valence-electron chi connectivity index (χ2n) is 5.61. The van der Waals surface area contributed by atoms with Crippen molar-refractivity contribution in [2.75, 3.05) is 27.2 Å². The highest BCUT2D eigenvalue weighted by molar-refractivity contribution is 5.96. The van der Waals surface area contributed by atoms with Gasteiger partial charge in [-0.3, -0.25) is 4.79 Å². The average molecular weight is 289 g/mol. The first-order chi connectivity index (χ1) is 10.0. The van der Waals surface area contributed by atoms with E-state index in [-0.39, 0.29) is 17.0 Å². The summed E-state index contributed by atoms with van der Waals surface area (Å²) in [7, 11) is 4.09. The molecule has 1 amide bonds. The van der Waals surface area contributed by atoms with Gasteiger partial charge in [-0.1, -0.05) is 6.07 Å². The third-order valence-electron chi connectivity index (χ3n) is 4.07. The standard InChI is InChI=1S/C16H20FN3O/c1-19(2)12-5-4-9-20(10-8-12)16(21)13-6-3-7-15(17)14(13)11-18/h3,6-7,12H,4-5,8-10H2,1-2H3. The molecule has 0 N–H and O–H groups in total. The van der Waals surface area contributed by atoms with Crippen molar-refractivity contribution in [1.29, 1.82) is 5.26 Å². The van der Waals surface area contributed by atoms with Gasteiger partial charge in [0.25, 0.3) is 5.91 Å². The van der Waals surface area contributed by atoms with Gasteiger partial charge in [0.15, 0.2) is 0 Å². The van der Waals surface area contributed by atoms with Crippen molar-refractivity contribution in [3.63, 3.8) is 0 Å². The number of hydrogen-bond donors (Lipinski definition) is 0. The molecule has 1 unspecified atom stereocenters. The molecule has 112 valence electrons. The van der Waals surface area contributed by atoms with E-state index in [2.05, 4.69) is 4.90 Å². The molecule has 4 nitrogen and oxygen atoms in total. The molecular formula is C16H20FN3O. The summed E-state index contributed by atoms with van der Waals surface area (Å²) in [6.45, 7) is 1.30. The third-order valence-corrected chi connectivity index (χ3v) is 4.07. The summed E-state index contributed by atoms with van der Waals surface area (Å²) in [4.78, 5) is 16.5. The number of halogens is 1. The van der Waals surface area contributed by atoms with E-state index in [1.165, 1.54) is 18.2 Å². The number of hydrogen-bond acceptors (Lipinski definition) is 3. The number of carbonyl (C=O) groups excluding carboxylic acids is 1. The van der Waals surface area contributed by atoms with Crippen LogP contribution < -0.4 is 0 Å². The van der Waals surface area contributed by atoms with E-state index in [1.54, 1.807) is 11.0 Å². The maximum atomic E-state index is 13.6. The van der Waals surface area contributed by atoms with Gasteiger partial charge in [-0.2, -0.15) is 5.26 Å². The van der Waals surface area contributed by atoms with Gasteiger partial charge in [0, 0.05) is 19.1 Å². The van der Waals surface area contributed by atoms with Crippen molar-refractivity contribution in [1.82, 2.24) is 9.80 Å². The van der Waals surface area contributed by atoms with Crippen molar-refractivity contribution in [2.45, 2.75) is 25.3 Å². The lowest BCUT2D eigenvalue weighted by atomic mass is 10.1. The van der Waals surface area contributed by atoms with Crippen LogP contribution in [0.3, 0.4) is 0 Å². The van der Waals surface area contributed by atoms with Crippen LogP contribution in [0.4, 0.5) is 4.39 Å². The van der Waals surface area contributed by atoms with Crippen molar-refractivity contribution in [2.24, 2.45) is 0 Å². The molecule has 1 heterocycles. The number of benzene rings is 1. The smallest absolute Gasteiger partial charge is 0.255 e. The van der Waals surface area contributed by atoms with Gasteiger partial charge >= 0.3 is 0 Å². The lowest BCUT2D eigenvalue weighted by molar-refractivity contribution is 0.0757. The minimum Gasteiger partial charge on any atom is -0.339 e. The largest absolute Gasteiger partial charge is 0.339 e. The third kappa shape index (κ3) is 3.40. The van der Waals surface area contributed by atoms with Crippen molar-refractivity contribution in [3.05, 3.63) is 35.1 Å². The summed E-state index contributed by atoms with van der Waals surface area (Å²) in [5.41, 5.74) is 0.0108. The average Bonchev–Trinajstić information content (AvgIpc) is 2.72. The molecule has 21 heavy (non-hydrogen) atoms. The summed E-state index contributed by atoms with van der Waals surface area (Å²) in [5.74, 6) is -0.880. The number of likely N-dealkylation sites (tertiary alicyclic amines) is 1. The fraction of sp³-hybridized carbons (Fsp3) is 0.500. The van der Waals surface area contributed by atoms with Crippen LogP contribution in [0.1, 0.15) is 35.2 Å². The maximum absolute atomic E-state index is 13.6. The van der Waals surface area contributed by atoms with E-state index < -0.39 is 5.82 Å². The molecule has 0 spiro atoms. The van der Waals surface area contributed by atoms with Gasteiger partial charge in [0.05, 0.1) is 5.56 Å². The van der Waals surface area contributed by atoms with Crippen LogP contribution >= 0.6 is 0 Å². The van der Waals surface area contributed by atoms with E-state index in [1.807, 2.05) is 14.1 Å². The molecule has 1 aliphatic heterocycles. The minimum absolute atomic E-state index is 0.157. The Labute approximate surface area is 124 Å². The van der Waals surface area contributed by atoms with Crippen molar-refractivity contribution < 1.29 is 9.18 Å². The van der Waals surface area contributed by atoms with Gasteiger partial charge in [-0.15, -0.1) is 0 Å². The van der Waals surface area contributed by atoms with E-state index in [0.717, 1.165) is 19.3 Å². The Morgan fingerprint density at radius 2 is 2.14 bits per heavy atom. The summed E-state index contributed by atoms with van der Waals surface area (Å²) in [5, 5.41) is 9.05. The van der Waals surface area contributed by atoms with Crippen LogP contribution in [-0.2, 0) is 0 Å². The van der Waals surface area contributed by atoms with E-state index in [9.17, 15) is 9.18 Å². The monoisotopic (exact) mass is 289 g/mol. The lowest BCUT2D eigenvalue weighted by Gasteiger charge is -2.23. The normalized spacial score (nSPS) is 19.2. The number of rotatable bonds is 2. The first-order valence-electron chi connectivity index (χ1n) is 7.19. The van der Waals surface area contributed by atoms with Crippen LogP contribution in [0.25, 0.3) is 0 Å². The Morgan fingerprint density at radius 1 is 1.38 bits per heavy atom. The Kier molecular flexibility index (Phi) is 4.92. The van der Waals surface area contributed by atoms with E-state index in [4.69, 9.17) is 5.26 Å². The molecule has 1 atom stereocenters. The Hall–Kier alpha value is -1.93. The predicted octanol–water partition coefficient (Wildman–Crippen LogP) is 2.25. The van der Waals surface area contributed by atoms with Crippen LogP contribution in [0, 0.1) is 17.1 Å². The topological polar surface area (TPSA) is 47.3 Å². The number of nitriles is 1. The maximum Gasteiger partial charge on any atom is 0.255 e. The molecule has 0 bridgehead atoms. The van der Waals surface area contributed by atoms with E-state index >= 15 is 0 Å². The molecule has 1 saturated heterocycles. The molecule has 0 aliphatic carbocycles. The van der Waals surface area contributed by atoms with Crippen LogP contribution in [-0.4, -0.2) is 48.9 Å². The fourth-order valence-electron chi connectivity index (χ4n) is 2.78. The van der Waals surface area contributed by atoms with Gasteiger partial charge in [0.2, 0.25) is 0 Å². The molecule has 1 aliphatic rings. The highest BCUT2D eigenvalue weighted by atomic mass is 19.1. The lowest BCUT2D eigenvalue weighted by Crippen LogP contribution is -2.34. The molecule has 1 fully saturated rings. The Bertz CT molecular complexity index is 565. The zero-order valence-electron chi connectivity index (χ0n) is 12.5. The summed E-state index contributed by atoms with van der Waals surface area (Å²) < 4.78 is 13.6. The van der Waals surface area contributed by atoms with Gasteiger partial charge in [-0.05, 0) is 45.5 Å². The Morgan fingerprint density at radius 3 is 2.81 bits per heavy atom. The minimum atomic E-state index is -0.635. The van der Waals surface area contributed by atoms with Crippen molar-refractivity contribution >= 4 is 5.91 Å². The predicted molar refractivity (Wildman–Crippen MR) is 78.3 cm³/mol. The second kappa shape index (κ2) is 6.68. The molecule has 1 aromatic rings.